The Morgan fingerprint density at radius 3 is 2.91 bits per heavy atom. The molecule has 22 heavy (non-hydrogen) atoms. The molecule has 120 valence electrons. The van der Waals surface area contributed by atoms with Crippen molar-refractivity contribution in [1.29, 1.82) is 0 Å². The average Bonchev–Trinajstić information content (AvgIpc) is 2.50. The second-order valence-corrected chi connectivity index (χ2v) is 6.80. The van der Waals surface area contributed by atoms with Crippen LogP contribution in [0.2, 0.25) is 0 Å². The van der Waals surface area contributed by atoms with E-state index in [1.807, 2.05) is 6.92 Å². The van der Waals surface area contributed by atoms with Crippen LogP contribution in [-0.4, -0.2) is 27.0 Å². The Balaban J connectivity index is 2.21. The fourth-order valence-electron chi connectivity index (χ4n) is 2.13. The number of ether oxygens (including phenoxy) is 1. The predicted molar refractivity (Wildman–Crippen MR) is 84.4 cm³/mol. The van der Waals surface area contributed by atoms with Crippen molar-refractivity contribution in [3.8, 4) is 5.75 Å². The van der Waals surface area contributed by atoms with Gasteiger partial charge in [-0.3, -0.25) is 4.79 Å². The minimum atomic E-state index is -3.63. The van der Waals surface area contributed by atoms with Crippen LogP contribution in [0.1, 0.15) is 26.2 Å². The van der Waals surface area contributed by atoms with Gasteiger partial charge in [-0.25, -0.2) is 13.1 Å². The van der Waals surface area contributed by atoms with E-state index in [0.717, 1.165) is 12.8 Å². The van der Waals surface area contributed by atoms with Crippen LogP contribution in [0.4, 0.5) is 5.69 Å². The number of sulfonamides is 1. The fraction of sp³-hybridized carbons (Fsp3) is 0.400. The number of amides is 1. The molecule has 2 rings (SSSR count). The third-order valence-corrected chi connectivity index (χ3v) is 4.74. The minimum Gasteiger partial charge on any atom is -0.478 e. The van der Waals surface area contributed by atoms with Crippen LogP contribution in [0.15, 0.2) is 35.7 Å². The molecular weight excluding hydrogens is 304 g/mol. The molecule has 0 fully saturated rings. The minimum absolute atomic E-state index is 0.0732. The number of anilines is 1. The highest BCUT2D eigenvalue weighted by atomic mass is 32.2. The number of benzene rings is 1. The van der Waals surface area contributed by atoms with Gasteiger partial charge in [-0.05, 0) is 31.0 Å². The summed E-state index contributed by atoms with van der Waals surface area (Å²) in [5, 5.41) is 2.71. The molecule has 1 aliphatic heterocycles. The topological polar surface area (TPSA) is 84.5 Å². The lowest BCUT2D eigenvalue weighted by atomic mass is 10.1. The third-order valence-electron chi connectivity index (χ3n) is 3.32. The first-order chi connectivity index (χ1) is 10.5. The second-order valence-electron chi connectivity index (χ2n) is 5.04. The van der Waals surface area contributed by atoms with Gasteiger partial charge in [0.2, 0.25) is 10.0 Å². The van der Waals surface area contributed by atoms with Crippen molar-refractivity contribution >= 4 is 21.6 Å². The van der Waals surface area contributed by atoms with E-state index in [1.165, 1.54) is 18.2 Å². The largest absolute Gasteiger partial charge is 0.478 e. The first kappa shape index (κ1) is 16.5. The lowest BCUT2D eigenvalue weighted by Crippen LogP contribution is -2.37. The molecule has 1 amide bonds. The maximum absolute atomic E-state index is 12.1. The summed E-state index contributed by atoms with van der Waals surface area (Å²) in [5.74, 6) is 0.248. The van der Waals surface area contributed by atoms with Crippen LogP contribution >= 0.6 is 0 Å². The van der Waals surface area contributed by atoms with Gasteiger partial charge in [0.15, 0.2) is 6.10 Å². The maximum Gasteiger partial charge on any atom is 0.265 e. The number of hydrogen-bond donors (Lipinski definition) is 2. The number of carbonyl (C=O) groups is 1. The number of unbranched alkanes of at least 4 members (excludes halogenated alkanes) is 1. The molecule has 6 nitrogen and oxygen atoms in total. The van der Waals surface area contributed by atoms with Gasteiger partial charge in [-0.2, -0.15) is 0 Å². The molecule has 0 bridgehead atoms. The molecule has 7 heteroatoms. The monoisotopic (exact) mass is 324 g/mol. The third kappa shape index (κ3) is 3.66. The maximum atomic E-state index is 12.1. The molecule has 0 radical (unpaired) electrons. The Morgan fingerprint density at radius 2 is 2.23 bits per heavy atom. The van der Waals surface area contributed by atoms with Crippen molar-refractivity contribution in [2.75, 3.05) is 11.9 Å². The van der Waals surface area contributed by atoms with E-state index in [-0.39, 0.29) is 17.3 Å². The molecule has 1 aliphatic rings. The van der Waals surface area contributed by atoms with Gasteiger partial charge in [0.25, 0.3) is 5.91 Å². The van der Waals surface area contributed by atoms with Gasteiger partial charge in [0.1, 0.15) is 5.75 Å². The highest BCUT2D eigenvalue weighted by molar-refractivity contribution is 7.89. The Morgan fingerprint density at radius 1 is 1.45 bits per heavy atom. The summed E-state index contributed by atoms with van der Waals surface area (Å²) in [6.45, 7) is 5.65. The standard InChI is InChI=1S/C15H20N2O4S/c1-3-5-6-14-15(18)17-12-10-11(7-8-13(12)21-14)22(19,20)16-9-4-2/h4,7-8,10,14,16H,2-3,5-6,9H2,1H3,(H,17,18)/t14-/m0/s1. The molecule has 0 aromatic heterocycles. The van der Waals surface area contributed by atoms with E-state index >= 15 is 0 Å². The summed E-state index contributed by atoms with van der Waals surface area (Å²) >= 11 is 0. The van der Waals surface area contributed by atoms with Gasteiger partial charge < -0.3 is 10.1 Å². The Kier molecular flexibility index (Phi) is 5.20. The van der Waals surface area contributed by atoms with E-state index < -0.39 is 16.1 Å². The number of rotatable bonds is 7. The molecule has 1 aromatic rings. The second kappa shape index (κ2) is 6.93. The lowest BCUT2D eigenvalue weighted by molar-refractivity contribution is -0.123. The van der Waals surface area contributed by atoms with Crippen LogP contribution in [0.5, 0.6) is 5.75 Å². The highest BCUT2D eigenvalue weighted by Crippen LogP contribution is 2.32. The molecule has 0 aliphatic carbocycles. The quantitative estimate of drug-likeness (QED) is 0.752. The molecule has 1 atom stereocenters. The van der Waals surface area contributed by atoms with Crippen LogP contribution in [0, 0.1) is 0 Å². The number of nitrogens with one attached hydrogen (secondary N) is 2. The first-order valence-corrected chi connectivity index (χ1v) is 8.68. The van der Waals surface area contributed by atoms with Crippen LogP contribution in [0.3, 0.4) is 0 Å². The molecule has 0 spiro atoms. The molecule has 1 aromatic carbocycles. The zero-order valence-electron chi connectivity index (χ0n) is 12.5. The number of fused-ring (bicyclic) bond motifs is 1. The average molecular weight is 324 g/mol. The van der Waals surface area contributed by atoms with Gasteiger partial charge in [-0.1, -0.05) is 19.4 Å². The van der Waals surface area contributed by atoms with Crippen molar-refractivity contribution in [3.05, 3.63) is 30.9 Å². The lowest BCUT2D eigenvalue weighted by Gasteiger charge is -2.26. The normalized spacial score (nSPS) is 17.3. The zero-order valence-corrected chi connectivity index (χ0v) is 13.3. The Labute approximate surface area is 130 Å². The Hall–Kier alpha value is -1.86. The summed E-state index contributed by atoms with van der Waals surface area (Å²) in [6.07, 6.45) is 3.45. The summed E-state index contributed by atoms with van der Waals surface area (Å²) < 4.78 is 32.1. The molecule has 2 N–H and O–H groups in total. The van der Waals surface area contributed by atoms with Crippen molar-refractivity contribution in [1.82, 2.24) is 4.72 Å². The molecular formula is C15H20N2O4S. The van der Waals surface area contributed by atoms with Crippen molar-refractivity contribution in [3.63, 3.8) is 0 Å². The van der Waals surface area contributed by atoms with Gasteiger partial charge in [-0.15, -0.1) is 6.58 Å². The van der Waals surface area contributed by atoms with Crippen molar-refractivity contribution in [2.24, 2.45) is 0 Å². The van der Waals surface area contributed by atoms with Crippen LogP contribution in [-0.2, 0) is 14.8 Å². The van der Waals surface area contributed by atoms with E-state index in [9.17, 15) is 13.2 Å². The van der Waals surface area contributed by atoms with Gasteiger partial charge >= 0.3 is 0 Å². The van der Waals surface area contributed by atoms with Crippen molar-refractivity contribution in [2.45, 2.75) is 37.2 Å². The van der Waals surface area contributed by atoms with E-state index in [2.05, 4.69) is 16.6 Å². The number of carbonyl (C=O) groups excluding carboxylic acids is 1. The van der Waals surface area contributed by atoms with Gasteiger partial charge in [0.05, 0.1) is 10.6 Å². The fourth-order valence-corrected chi connectivity index (χ4v) is 3.15. The zero-order chi connectivity index (χ0) is 16.2. The number of hydrogen-bond acceptors (Lipinski definition) is 4. The van der Waals surface area contributed by atoms with Gasteiger partial charge in [0, 0.05) is 6.54 Å². The Bertz CT molecular complexity index is 670. The molecule has 0 saturated heterocycles. The first-order valence-electron chi connectivity index (χ1n) is 7.20. The van der Waals surface area contributed by atoms with E-state index in [4.69, 9.17) is 4.74 Å². The SMILES string of the molecule is C=CCNS(=O)(=O)c1ccc2c(c1)NC(=O)[C@H](CCCC)O2. The van der Waals surface area contributed by atoms with Crippen LogP contribution in [0.25, 0.3) is 0 Å². The highest BCUT2D eigenvalue weighted by Gasteiger charge is 2.28. The molecule has 0 unspecified atom stereocenters. The van der Waals surface area contributed by atoms with E-state index in [0.29, 0.717) is 17.9 Å². The summed E-state index contributed by atoms with van der Waals surface area (Å²) in [7, 11) is -3.63. The molecule has 0 saturated carbocycles. The van der Waals surface area contributed by atoms with Crippen molar-refractivity contribution < 1.29 is 17.9 Å². The smallest absolute Gasteiger partial charge is 0.265 e. The molecule has 1 heterocycles. The predicted octanol–water partition coefficient (Wildman–Crippen LogP) is 2.04. The summed E-state index contributed by atoms with van der Waals surface area (Å²) in [6, 6.07) is 4.42. The van der Waals surface area contributed by atoms with E-state index in [1.54, 1.807) is 6.07 Å². The summed E-state index contributed by atoms with van der Waals surface area (Å²) in [5.41, 5.74) is 0.374. The van der Waals surface area contributed by atoms with Crippen LogP contribution < -0.4 is 14.8 Å². The summed E-state index contributed by atoms with van der Waals surface area (Å²) in [4.78, 5) is 12.1.